The Bertz CT molecular complexity index is 1400. The highest BCUT2D eigenvalue weighted by atomic mass is 19.4. The van der Waals surface area contributed by atoms with Gasteiger partial charge in [0.1, 0.15) is 5.82 Å². The molecule has 39 heavy (non-hydrogen) atoms. The number of alkyl halides is 6. The molecule has 2 heterocycles. The third-order valence-electron chi connectivity index (χ3n) is 5.71. The van der Waals surface area contributed by atoms with Crippen LogP contribution in [0.5, 0.6) is 0 Å². The number of amides is 1. The molecule has 1 aliphatic heterocycles. The molecule has 13 heteroatoms. The van der Waals surface area contributed by atoms with Crippen molar-refractivity contribution in [1.29, 1.82) is 0 Å². The van der Waals surface area contributed by atoms with Gasteiger partial charge >= 0.3 is 12.4 Å². The van der Waals surface area contributed by atoms with Crippen LogP contribution >= 0.6 is 0 Å². The fourth-order valence-electron chi connectivity index (χ4n) is 3.76. The molecule has 0 unspecified atom stereocenters. The first kappa shape index (κ1) is 27.6. The standard InChI is InChI=1S/C26H20F7N5O/c1-36-7-9-38(10-8-36)24-34-14-20(22(35-24)19-5-3-4-6-21(19)27)23(39)37(2)15-16-11-17(25(28,29)30)13-18(12-16)26(31,32)33/h3-14H,15H2,1-2H3. The van der Waals surface area contributed by atoms with Crippen molar-refractivity contribution < 1.29 is 35.5 Å². The zero-order valence-electron chi connectivity index (χ0n) is 20.4. The van der Waals surface area contributed by atoms with Gasteiger partial charge in [0.15, 0.2) is 0 Å². The lowest BCUT2D eigenvalue weighted by atomic mass is 10.0. The van der Waals surface area contributed by atoms with Crippen LogP contribution in [0.2, 0.25) is 0 Å². The summed E-state index contributed by atoms with van der Waals surface area (Å²) in [5.74, 6) is -1.44. The van der Waals surface area contributed by atoms with Crippen molar-refractivity contribution >= 4 is 11.9 Å². The Kier molecular flexibility index (Phi) is 7.35. The predicted molar refractivity (Wildman–Crippen MR) is 128 cm³/mol. The van der Waals surface area contributed by atoms with E-state index in [2.05, 4.69) is 9.97 Å². The van der Waals surface area contributed by atoms with Gasteiger partial charge in [-0.25, -0.2) is 14.4 Å². The second-order valence-corrected chi connectivity index (χ2v) is 8.66. The smallest absolute Gasteiger partial charge is 0.354 e. The second-order valence-electron chi connectivity index (χ2n) is 8.66. The molecule has 2 aromatic carbocycles. The molecular formula is C26H20F7N5O. The van der Waals surface area contributed by atoms with Gasteiger partial charge in [0.2, 0.25) is 5.95 Å². The highest BCUT2D eigenvalue weighted by Crippen LogP contribution is 2.37. The van der Waals surface area contributed by atoms with Gasteiger partial charge in [0.25, 0.3) is 5.91 Å². The third-order valence-corrected chi connectivity index (χ3v) is 5.71. The monoisotopic (exact) mass is 551 g/mol. The highest BCUT2D eigenvalue weighted by molar-refractivity contribution is 5.99. The van der Waals surface area contributed by atoms with Gasteiger partial charge in [0, 0.05) is 57.2 Å². The highest BCUT2D eigenvalue weighted by Gasteiger charge is 2.37. The number of nitrogens with zero attached hydrogens (tertiary/aromatic N) is 5. The maximum Gasteiger partial charge on any atom is 0.416 e. The summed E-state index contributed by atoms with van der Waals surface area (Å²) >= 11 is 0. The number of carbonyl (C=O) groups excluding carboxylic acids is 1. The molecule has 6 nitrogen and oxygen atoms in total. The Morgan fingerprint density at radius 3 is 2.08 bits per heavy atom. The summed E-state index contributed by atoms with van der Waals surface area (Å²) in [5.41, 5.74) is -3.74. The lowest BCUT2D eigenvalue weighted by Gasteiger charge is -2.23. The number of rotatable bonds is 5. The molecule has 1 aromatic heterocycles. The average molecular weight is 551 g/mol. The van der Waals surface area contributed by atoms with E-state index < -0.39 is 47.3 Å². The quantitative estimate of drug-likeness (QED) is 0.349. The number of benzene rings is 2. The minimum Gasteiger partial charge on any atom is -0.354 e. The first-order chi connectivity index (χ1) is 18.2. The fraction of sp³-hybridized carbons (Fsp3) is 0.192. The van der Waals surface area contributed by atoms with Gasteiger partial charge < -0.3 is 9.80 Å². The summed E-state index contributed by atoms with van der Waals surface area (Å²) in [6, 6.07) is 6.60. The zero-order chi connectivity index (χ0) is 28.5. The Labute approximate surface area is 218 Å². The minimum absolute atomic E-state index is 0.00934. The Balaban J connectivity index is 1.72. The molecule has 0 radical (unpaired) electrons. The van der Waals surface area contributed by atoms with Crippen molar-refractivity contribution in [3.8, 4) is 11.3 Å². The Morgan fingerprint density at radius 2 is 1.51 bits per heavy atom. The molecule has 3 aromatic rings. The van der Waals surface area contributed by atoms with E-state index in [-0.39, 0.29) is 28.8 Å². The molecule has 0 atom stereocenters. The van der Waals surface area contributed by atoms with Crippen LogP contribution < -0.4 is 4.90 Å². The summed E-state index contributed by atoms with van der Waals surface area (Å²) in [6.07, 6.45) is -2.29. The maximum atomic E-state index is 14.8. The minimum atomic E-state index is -5.04. The van der Waals surface area contributed by atoms with Crippen molar-refractivity contribution in [3.63, 3.8) is 0 Å². The molecule has 1 amide bonds. The molecule has 0 bridgehead atoms. The topological polar surface area (TPSA) is 52.6 Å². The summed E-state index contributed by atoms with van der Waals surface area (Å²) < 4.78 is 94.4. The summed E-state index contributed by atoms with van der Waals surface area (Å²) in [7, 11) is 2.98. The molecule has 0 N–H and O–H groups in total. The van der Waals surface area contributed by atoms with Gasteiger partial charge in [-0.1, -0.05) is 12.1 Å². The molecule has 0 saturated carbocycles. The van der Waals surface area contributed by atoms with Gasteiger partial charge in [-0.3, -0.25) is 9.69 Å². The molecule has 0 spiro atoms. The van der Waals surface area contributed by atoms with Crippen molar-refractivity contribution in [2.75, 3.05) is 19.0 Å². The number of hydrogen-bond donors (Lipinski definition) is 0. The molecule has 204 valence electrons. The maximum absolute atomic E-state index is 14.8. The number of anilines is 1. The van der Waals surface area contributed by atoms with E-state index in [9.17, 15) is 35.5 Å². The summed E-state index contributed by atoms with van der Waals surface area (Å²) in [4.78, 5) is 26.1. The zero-order valence-corrected chi connectivity index (χ0v) is 20.4. The number of halogens is 7. The predicted octanol–water partition coefficient (Wildman–Crippen LogP) is 6.29. The van der Waals surface area contributed by atoms with Crippen LogP contribution in [0.1, 0.15) is 27.0 Å². The van der Waals surface area contributed by atoms with Gasteiger partial charge in [-0.2, -0.15) is 26.3 Å². The van der Waals surface area contributed by atoms with E-state index in [1.54, 1.807) is 36.7 Å². The molecule has 0 fully saturated rings. The first-order valence-corrected chi connectivity index (χ1v) is 11.3. The van der Waals surface area contributed by atoms with E-state index in [1.807, 2.05) is 0 Å². The van der Waals surface area contributed by atoms with E-state index in [0.717, 1.165) is 17.2 Å². The van der Waals surface area contributed by atoms with Crippen LogP contribution in [0.3, 0.4) is 0 Å². The van der Waals surface area contributed by atoms with Crippen molar-refractivity contribution in [2.24, 2.45) is 0 Å². The lowest BCUT2D eigenvalue weighted by molar-refractivity contribution is -0.143. The van der Waals surface area contributed by atoms with Gasteiger partial charge in [0.05, 0.1) is 22.4 Å². The van der Waals surface area contributed by atoms with E-state index >= 15 is 0 Å². The van der Waals surface area contributed by atoms with Gasteiger partial charge in [-0.15, -0.1) is 0 Å². The van der Waals surface area contributed by atoms with Crippen molar-refractivity contribution in [2.45, 2.75) is 18.9 Å². The third kappa shape index (κ3) is 6.19. The SMILES string of the molecule is CN1C=CN(c2ncc(C(=O)N(C)Cc3cc(C(F)(F)F)cc(C(F)(F)F)c3)c(-c3ccccc3F)n2)C=C1. The first-order valence-electron chi connectivity index (χ1n) is 11.3. The molecular weight excluding hydrogens is 531 g/mol. The normalized spacial score (nSPS) is 13.7. The van der Waals surface area contributed by atoms with Crippen LogP contribution in [-0.4, -0.2) is 39.8 Å². The summed E-state index contributed by atoms with van der Waals surface area (Å²) in [5, 5.41) is 0. The Morgan fingerprint density at radius 1 is 0.923 bits per heavy atom. The van der Waals surface area contributed by atoms with Gasteiger partial charge in [-0.05, 0) is 35.9 Å². The molecule has 0 aliphatic carbocycles. The van der Waals surface area contributed by atoms with Crippen molar-refractivity contribution in [3.05, 3.63) is 102 Å². The van der Waals surface area contributed by atoms with Crippen LogP contribution in [-0.2, 0) is 18.9 Å². The van der Waals surface area contributed by atoms with E-state index in [4.69, 9.17) is 0 Å². The largest absolute Gasteiger partial charge is 0.416 e. The van der Waals surface area contributed by atoms with E-state index in [0.29, 0.717) is 12.1 Å². The van der Waals surface area contributed by atoms with Crippen LogP contribution in [0.4, 0.5) is 36.7 Å². The fourth-order valence-corrected chi connectivity index (χ4v) is 3.76. The number of aromatic nitrogens is 2. The van der Waals surface area contributed by atoms with Crippen LogP contribution in [0, 0.1) is 5.82 Å². The van der Waals surface area contributed by atoms with Crippen LogP contribution in [0.25, 0.3) is 11.3 Å². The summed E-state index contributed by atoms with van der Waals surface area (Å²) in [6.45, 7) is -0.603. The van der Waals surface area contributed by atoms with E-state index in [1.165, 1.54) is 30.1 Å². The Hall–Kier alpha value is -4.42. The average Bonchev–Trinajstić information content (AvgIpc) is 2.87. The number of hydrogen-bond acceptors (Lipinski definition) is 5. The second kappa shape index (κ2) is 10.4. The van der Waals surface area contributed by atoms with Crippen LogP contribution in [0.15, 0.2) is 73.5 Å². The molecule has 1 aliphatic rings. The molecule has 4 rings (SSSR count). The molecule has 0 saturated heterocycles. The number of carbonyl (C=O) groups is 1. The lowest BCUT2D eigenvalue weighted by Crippen LogP contribution is -2.28. The van der Waals surface area contributed by atoms with Crippen molar-refractivity contribution in [1.82, 2.24) is 19.8 Å².